The molecule has 18 heavy (non-hydrogen) atoms. The quantitative estimate of drug-likeness (QED) is 0.769. The third-order valence-corrected chi connectivity index (χ3v) is 3.00. The number of likely N-dealkylation sites (N-methyl/N-ethyl adjacent to an activating group) is 1. The highest BCUT2D eigenvalue weighted by Gasteiger charge is 2.12. The first-order valence-corrected chi connectivity index (χ1v) is 6.20. The van der Waals surface area contributed by atoms with Crippen molar-refractivity contribution in [2.24, 2.45) is 0 Å². The molecule has 0 atom stereocenters. The highest BCUT2D eigenvalue weighted by Crippen LogP contribution is 2.25. The van der Waals surface area contributed by atoms with Crippen LogP contribution in [0.3, 0.4) is 0 Å². The molecule has 1 aromatic rings. The number of benzene rings is 1. The Bertz CT molecular complexity index is 409. The zero-order valence-corrected chi connectivity index (χ0v) is 11.4. The van der Waals surface area contributed by atoms with Crippen molar-refractivity contribution >= 4 is 17.4 Å². The molecule has 0 aromatic heterocycles. The summed E-state index contributed by atoms with van der Waals surface area (Å²) in [7, 11) is 1.53. The summed E-state index contributed by atoms with van der Waals surface area (Å²) in [6.45, 7) is 3.48. The van der Waals surface area contributed by atoms with E-state index in [1.165, 1.54) is 7.11 Å². The maximum absolute atomic E-state index is 12.0. The first-order chi connectivity index (χ1) is 8.62. The number of methoxy groups -OCH3 is 1. The van der Waals surface area contributed by atoms with Gasteiger partial charge in [-0.05, 0) is 24.7 Å². The standard InChI is InChI=1S/C13H18ClNO3/c1-3-15(6-7-16)9-12(17)10-4-5-13(18-2)11(14)8-10/h4-5,8,16H,3,6-7,9H2,1-2H3. The number of Topliss-reactive ketones (excluding diaryl/α,β-unsaturated/α-hetero) is 1. The van der Waals surface area contributed by atoms with E-state index < -0.39 is 0 Å². The van der Waals surface area contributed by atoms with E-state index in [2.05, 4.69) is 0 Å². The van der Waals surface area contributed by atoms with E-state index >= 15 is 0 Å². The molecule has 0 amide bonds. The number of rotatable bonds is 7. The van der Waals surface area contributed by atoms with Crippen molar-refractivity contribution in [1.29, 1.82) is 0 Å². The minimum atomic E-state index is -0.0187. The Kier molecular flexibility index (Phi) is 6.12. The molecule has 0 fully saturated rings. The maximum Gasteiger partial charge on any atom is 0.176 e. The summed E-state index contributed by atoms with van der Waals surface area (Å²) >= 11 is 5.97. The second-order valence-corrected chi connectivity index (χ2v) is 4.27. The van der Waals surface area contributed by atoms with Crippen LogP contribution in [0.15, 0.2) is 18.2 Å². The average molecular weight is 272 g/mol. The predicted molar refractivity (Wildman–Crippen MR) is 71.5 cm³/mol. The first-order valence-electron chi connectivity index (χ1n) is 5.82. The van der Waals surface area contributed by atoms with E-state index in [9.17, 15) is 4.79 Å². The van der Waals surface area contributed by atoms with Crippen LogP contribution in [0.4, 0.5) is 0 Å². The lowest BCUT2D eigenvalue weighted by Gasteiger charge is -2.18. The van der Waals surface area contributed by atoms with Crippen LogP contribution < -0.4 is 4.74 Å². The second kappa shape index (κ2) is 7.36. The van der Waals surface area contributed by atoms with Crippen LogP contribution in [-0.4, -0.2) is 49.1 Å². The number of hydrogen-bond donors (Lipinski definition) is 1. The molecular formula is C13H18ClNO3. The van der Waals surface area contributed by atoms with Gasteiger partial charge in [0.15, 0.2) is 5.78 Å². The van der Waals surface area contributed by atoms with E-state index in [1.807, 2.05) is 11.8 Å². The summed E-state index contributed by atoms with van der Waals surface area (Å²) in [6.07, 6.45) is 0. The fourth-order valence-corrected chi connectivity index (χ4v) is 1.88. The van der Waals surface area contributed by atoms with Gasteiger partial charge in [0.25, 0.3) is 0 Å². The molecule has 0 aliphatic heterocycles. The van der Waals surface area contributed by atoms with Crippen molar-refractivity contribution in [3.8, 4) is 5.75 Å². The van der Waals surface area contributed by atoms with Gasteiger partial charge in [-0.2, -0.15) is 0 Å². The van der Waals surface area contributed by atoms with Gasteiger partial charge >= 0.3 is 0 Å². The van der Waals surface area contributed by atoms with Crippen molar-refractivity contribution in [2.45, 2.75) is 6.92 Å². The molecule has 0 aliphatic rings. The fraction of sp³-hybridized carbons (Fsp3) is 0.462. The van der Waals surface area contributed by atoms with E-state index in [0.717, 1.165) is 6.54 Å². The summed E-state index contributed by atoms with van der Waals surface area (Å²) in [5, 5.41) is 9.30. The second-order valence-electron chi connectivity index (χ2n) is 3.86. The molecule has 0 heterocycles. The van der Waals surface area contributed by atoms with Gasteiger partial charge in [0.1, 0.15) is 5.75 Å². The molecule has 0 radical (unpaired) electrons. The minimum absolute atomic E-state index is 0.0187. The lowest BCUT2D eigenvalue weighted by atomic mass is 10.1. The van der Waals surface area contributed by atoms with Gasteiger partial charge in [-0.3, -0.25) is 9.69 Å². The first kappa shape index (κ1) is 15.0. The molecule has 1 N–H and O–H groups in total. The number of halogens is 1. The van der Waals surface area contributed by atoms with Crippen molar-refractivity contribution in [2.75, 3.05) is 33.4 Å². The number of nitrogens with zero attached hydrogens (tertiary/aromatic N) is 1. The molecule has 1 aromatic carbocycles. The summed E-state index contributed by atoms with van der Waals surface area (Å²) in [4.78, 5) is 13.9. The SMILES string of the molecule is CCN(CCO)CC(=O)c1ccc(OC)c(Cl)c1. The zero-order valence-electron chi connectivity index (χ0n) is 10.6. The Morgan fingerprint density at radius 2 is 2.22 bits per heavy atom. The Balaban J connectivity index is 2.74. The molecule has 0 aliphatic carbocycles. The number of ketones is 1. The third-order valence-electron chi connectivity index (χ3n) is 2.70. The zero-order chi connectivity index (χ0) is 13.5. The highest BCUT2D eigenvalue weighted by molar-refractivity contribution is 6.32. The smallest absolute Gasteiger partial charge is 0.176 e. The Morgan fingerprint density at radius 1 is 1.50 bits per heavy atom. The summed E-state index contributed by atoms with van der Waals surface area (Å²) in [6, 6.07) is 4.98. The van der Waals surface area contributed by atoms with E-state index in [1.54, 1.807) is 18.2 Å². The van der Waals surface area contributed by atoms with Crippen LogP contribution in [0.25, 0.3) is 0 Å². The summed E-state index contributed by atoms with van der Waals surface area (Å²) < 4.78 is 5.03. The van der Waals surface area contributed by atoms with Crippen LogP contribution >= 0.6 is 11.6 Å². The molecule has 0 unspecified atom stereocenters. The molecule has 4 nitrogen and oxygen atoms in total. The summed E-state index contributed by atoms with van der Waals surface area (Å²) in [5.74, 6) is 0.533. The average Bonchev–Trinajstić information content (AvgIpc) is 2.37. The molecule has 0 saturated carbocycles. The van der Waals surface area contributed by atoms with Crippen LogP contribution in [0, 0.1) is 0 Å². The molecular weight excluding hydrogens is 254 g/mol. The Labute approximate surface area is 112 Å². The van der Waals surface area contributed by atoms with Crippen LogP contribution in [0.1, 0.15) is 17.3 Å². The number of carbonyl (C=O) groups is 1. The molecule has 1 rings (SSSR count). The Hall–Kier alpha value is -1.10. The molecule has 100 valence electrons. The molecule has 0 spiro atoms. The third kappa shape index (κ3) is 3.98. The van der Waals surface area contributed by atoms with Gasteiger partial charge in [-0.25, -0.2) is 0 Å². The van der Waals surface area contributed by atoms with Crippen LogP contribution in [-0.2, 0) is 0 Å². The molecule has 0 bridgehead atoms. The lowest BCUT2D eigenvalue weighted by Crippen LogP contribution is -2.32. The largest absolute Gasteiger partial charge is 0.495 e. The van der Waals surface area contributed by atoms with E-state index in [-0.39, 0.29) is 18.9 Å². The van der Waals surface area contributed by atoms with Crippen molar-refractivity contribution in [1.82, 2.24) is 4.90 Å². The molecule has 5 heteroatoms. The fourth-order valence-electron chi connectivity index (χ4n) is 1.62. The maximum atomic E-state index is 12.0. The van der Waals surface area contributed by atoms with Crippen LogP contribution in [0.2, 0.25) is 5.02 Å². The van der Waals surface area contributed by atoms with Gasteiger partial charge in [-0.15, -0.1) is 0 Å². The van der Waals surface area contributed by atoms with E-state index in [4.69, 9.17) is 21.4 Å². The Morgan fingerprint density at radius 3 is 2.72 bits per heavy atom. The monoisotopic (exact) mass is 271 g/mol. The lowest BCUT2D eigenvalue weighted by molar-refractivity contribution is 0.0919. The minimum Gasteiger partial charge on any atom is -0.495 e. The van der Waals surface area contributed by atoms with Gasteiger partial charge in [0.2, 0.25) is 0 Å². The van der Waals surface area contributed by atoms with Crippen molar-refractivity contribution < 1.29 is 14.6 Å². The predicted octanol–water partition coefficient (Wildman–Crippen LogP) is 1.85. The number of hydrogen-bond acceptors (Lipinski definition) is 4. The van der Waals surface area contributed by atoms with Gasteiger partial charge in [0.05, 0.1) is 25.3 Å². The van der Waals surface area contributed by atoms with Gasteiger partial charge in [-0.1, -0.05) is 18.5 Å². The summed E-state index contributed by atoms with van der Waals surface area (Å²) in [5.41, 5.74) is 0.553. The topological polar surface area (TPSA) is 49.8 Å². The van der Waals surface area contributed by atoms with Gasteiger partial charge < -0.3 is 9.84 Å². The van der Waals surface area contributed by atoms with Crippen molar-refractivity contribution in [3.05, 3.63) is 28.8 Å². The van der Waals surface area contributed by atoms with E-state index in [0.29, 0.717) is 22.9 Å². The highest BCUT2D eigenvalue weighted by atomic mass is 35.5. The number of ether oxygens (including phenoxy) is 1. The normalized spacial score (nSPS) is 10.7. The van der Waals surface area contributed by atoms with Crippen molar-refractivity contribution in [3.63, 3.8) is 0 Å². The van der Waals surface area contributed by atoms with Crippen LogP contribution in [0.5, 0.6) is 5.75 Å². The number of aliphatic hydroxyl groups is 1. The van der Waals surface area contributed by atoms with Gasteiger partial charge in [0, 0.05) is 12.1 Å². The molecule has 0 saturated heterocycles. The number of carbonyl (C=O) groups excluding carboxylic acids is 1. The number of aliphatic hydroxyl groups excluding tert-OH is 1.